The molecule has 3 aliphatic rings. The highest BCUT2D eigenvalue weighted by Crippen LogP contribution is 2.46. The molecule has 178 valence electrons. The smallest absolute Gasteiger partial charge is 0.345 e. The van der Waals surface area contributed by atoms with E-state index < -0.39 is 0 Å². The molecule has 1 saturated heterocycles. The van der Waals surface area contributed by atoms with Crippen LogP contribution < -0.4 is 14.7 Å². The first-order valence-corrected chi connectivity index (χ1v) is 12.4. The van der Waals surface area contributed by atoms with Crippen LogP contribution in [0.3, 0.4) is 0 Å². The third kappa shape index (κ3) is 3.65. The van der Waals surface area contributed by atoms with E-state index in [-0.39, 0.29) is 17.1 Å². The van der Waals surface area contributed by atoms with Gasteiger partial charge < -0.3 is 9.47 Å². The minimum atomic E-state index is -0.180. The number of aromatic amines is 1. The van der Waals surface area contributed by atoms with Gasteiger partial charge in [-0.25, -0.2) is 9.89 Å². The van der Waals surface area contributed by atoms with Crippen molar-refractivity contribution in [2.24, 2.45) is 5.41 Å². The third-order valence-corrected chi connectivity index (χ3v) is 7.77. The van der Waals surface area contributed by atoms with E-state index in [1.165, 1.54) is 10.5 Å². The van der Waals surface area contributed by atoms with Gasteiger partial charge in [-0.15, -0.1) is 5.10 Å². The molecule has 3 aromatic rings. The number of H-pyrrole nitrogens is 1. The van der Waals surface area contributed by atoms with Crippen molar-refractivity contribution >= 4 is 23.5 Å². The minimum Gasteiger partial charge on any atom is -0.493 e. The Bertz CT molecular complexity index is 1330. The number of nitrogens with zero attached hydrogens (tertiary/aromatic N) is 5. The maximum atomic E-state index is 12.2. The molecule has 1 fully saturated rings. The largest absolute Gasteiger partial charge is 0.493 e. The molecular formula is C24H28N6O3S. The summed E-state index contributed by atoms with van der Waals surface area (Å²) in [6.45, 7) is 9.92. The van der Waals surface area contributed by atoms with E-state index in [0.29, 0.717) is 19.1 Å². The number of anilines is 1. The van der Waals surface area contributed by atoms with Gasteiger partial charge in [0.1, 0.15) is 5.75 Å². The van der Waals surface area contributed by atoms with Crippen molar-refractivity contribution in [1.82, 2.24) is 24.5 Å². The van der Waals surface area contributed by atoms with E-state index in [9.17, 15) is 4.79 Å². The molecule has 2 aromatic heterocycles. The molecule has 0 saturated carbocycles. The summed E-state index contributed by atoms with van der Waals surface area (Å²) in [5.41, 5.74) is 4.50. The second-order valence-electron chi connectivity index (χ2n) is 9.86. The molecule has 0 amide bonds. The number of aromatic nitrogens is 5. The van der Waals surface area contributed by atoms with E-state index in [2.05, 4.69) is 50.9 Å². The van der Waals surface area contributed by atoms with E-state index in [1.807, 2.05) is 24.7 Å². The zero-order valence-electron chi connectivity index (χ0n) is 19.6. The van der Waals surface area contributed by atoms with Gasteiger partial charge in [0.15, 0.2) is 0 Å². The Morgan fingerprint density at radius 1 is 1.26 bits per heavy atom. The average molecular weight is 481 g/mol. The van der Waals surface area contributed by atoms with Crippen molar-refractivity contribution in [3.63, 3.8) is 0 Å². The molecular weight excluding hydrogens is 452 g/mol. The summed E-state index contributed by atoms with van der Waals surface area (Å²) in [5, 5.41) is 11.5. The van der Waals surface area contributed by atoms with E-state index >= 15 is 0 Å². The molecule has 0 atom stereocenters. The second kappa shape index (κ2) is 8.06. The lowest BCUT2D eigenvalue weighted by Crippen LogP contribution is -2.43. The van der Waals surface area contributed by atoms with Crippen LogP contribution in [0.5, 0.6) is 5.75 Å². The first-order valence-electron chi connectivity index (χ1n) is 11.6. The molecule has 0 radical (unpaired) electrons. The normalized spacial score (nSPS) is 19.0. The molecule has 10 heteroatoms. The van der Waals surface area contributed by atoms with Gasteiger partial charge in [-0.3, -0.25) is 13.6 Å². The fraction of sp³-hybridized carbons (Fsp3) is 0.458. The Balaban J connectivity index is 1.27. The van der Waals surface area contributed by atoms with Gasteiger partial charge in [-0.1, -0.05) is 19.1 Å². The van der Waals surface area contributed by atoms with Crippen LogP contribution >= 0.6 is 11.9 Å². The molecule has 3 aliphatic heterocycles. The molecule has 0 spiro atoms. The predicted octanol–water partition coefficient (Wildman–Crippen LogP) is 3.71. The number of hydrogen-bond donors (Lipinski definition) is 1. The zero-order valence-corrected chi connectivity index (χ0v) is 20.4. The summed E-state index contributed by atoms with van der Waals surface area (Å²) in [4.78, 5) is 13.5. The van der Waals surface area contributed by atoms with Gasteiger partial charge >= 0.3 is 5.69 Å². The van der Waals surface area contributed by atoms with E-state index in [1.54, 1.807) is 16.5 Å². The number of hydrogen-bond acceptors (Lipinski definition) is 7. The van der Waals surface area contributed by atoms with Crippen molar-refractivity contribution in [2.75, 3.05) is 30.7 Å². The molecule has 0 aliphatic carbocycles. The van der Waals surface area contributed by atoms with Gasteiger partial charge in [0, 0.05) is 40.1 Å². The SMILES string of the molecule is CC(C)n1c(N2CC3=C(CCOc4cc(-c5cnn(CC6(C)COC6)c5)ccc43)S2)n[nH]c1=O. The van der Waals surface area contributed by atoms with Crippen LogP contribution in [0.4, 0.5) is 5.95 Å². The van der Waals surface area contributed by atoms with Gasteiger partial charge in [-0.05, 0) is 43.0 Å². The maximum absolute atomic E-state index is 12.2. The first-order chi connectivity index (χ1) is 16.4. The van der Waals surface area contributed by atoms with Crippen molar-refractivity contribution < 1.29 is 9.47 Å². The third-order valence-electron chi connectivity index (χ3n) is 6.59. The average Bonchev–Trinajstić information content (AvgIpc) is 3.49. The lowest BCUT2D eigenvalue weighted by molar-refractivity contribution is -0.111. The molecule has 1 aromatic carbocycles. The Labute approximate surface area is 201 Å². The highest BCUT2D eigenvalue weighted by atomic mass is 32.2. The van der Waals surface area contributed by atoms with Crippen LogP contribution in [0.1, 0.15) is 38.8 Å². The lowest BCUT2D eigenvalue weighted by Gasteiger charge is -2.37. The van der Waals surface area contributed by atoms with Gasteiger partial charge in [0.2, 0.25) is 5.95 Å². The first kappa shape index (κ1) is 21.5. The second-order valence-corrected chi connectivity index (χ2v) is 11.0. The fourth-order valence-corrected chi connectivity index (χ4v) is 5.92. The van der Waals surface area contributed by atoms with Crippen LogP contribution in [0.25, 0.3) is 16.7 Å². The molecule has 0 unspecified atom stereocenters. The summed E-state index contributed by atoms with van der Waals surface area (Å²) in [5.74, 6) is 1.55. The van der Waals surface area contributed by atoms with E-state index in [4.69, 9.17) is 9.47 Å². The topological polar surface area (TPSA) is 90.2 Å². The summed E-state index contributed by atoms with van der Waals surface area (Å²) in [6, 6.07) is 6.43. The Hall–Kier alpha value is -2.98. The lowest BCUT2D eigenvalue weighted by atomic mass is 9.89. The number of fused-ring (bicyclic) bond motifs is 2. The van der Waals surface area contributed by atoms with E-state index in [0.717, 1.165) is 48.6 Å². The quantitative estimate of drug-likeness (QED) is 0.557. The molecule has 6 rings (SSSR count). The van der Waals surface area contributed by atoms with Crippen LogP contribution in [0.15, 0.2) is 40.3 Å². The molecule has 34 heavy (non-hydrogen) atoms. The minimum absolute atomic E-state index is 0.0285. The maximum Gasteiger partial charge on any atom is 0.345 e. The van der Waals surface area contributed by atoms with Crippen molar-refractivity contribution in [2.45, 2.75) is 39.8 Å². The van der Waals surface area contributed by atoms with Gasteiger partial charge in [0.25, 0.3) is 0 Å². The highest BCUT2D eigenvalue weighted by molar-refractivity contribution is 8.04. The van der Waals surface area contributed by atoms with Crippen LogP contribution in [-0.2, 0) is 11.3 Å². The number of ether oxygens (including phenoxy) is 2. The van der Waals surface area contributed by atoms with Crippen LogP contribution in [0.2, 0.25) is 0 Å². The summed E-state index contributed by atoms with van der Waals surface area (Å²) < 4.78 is 17.4. The Morgan fingerprint density at radius 3 is 2.88 bits per heavy atom. The number of rotatable bonds is 5. The monoisotopic (exact) mass is 480 g/mol. The van der Waals surface area contributed by atoms with Gasteiger partial charge in [-0.2, -0.15) is 5.10 Å². The molecule has 0 bridgehead atoms. The highest BCUT2D eigenvalue weighted by Gasteiger charge is 2.34. The van der Waals surface area contributed by atoms with Gasteiger partial charge in [0.05, 0.1) is 39.1 Å². The van der Waals surface area contributed by atoms with Crippen molar-refractivity contribution in [1.29, 1.82) is 0 Å². The summed E-state index contributed by atoms with van der Waals surface area (Å²) in [6.07, 6.45) is 4.85. The fourth-order valence-electron chi connectivity index (χ4n) is 4.79. The van der Waals surface area contributed by atoms with Crippen LogP contribution in [0, 0.1) is 5.41 Å². The number of benzene rings is 1. The predicted molar refractivity (Wildman–Crippen MR) is 132 cm³/mol. The van der Waals surface area contributed by atoms with Crippen molar-refractivity contribution in [3.05, 3.63) is 51.5 Å². The molecule has 5 heterocycles. The van der Waals surface area contributed by atoms with Crippen LogP contribution in [-0.4, -0.2) is 50.9 Å². The van der Waals surface area contributed by atoms with Crippen molar-refractivity contribution in [3.8, 4) is 16.9 Å². The zero-order chi connectivity index (χ0) is 23.4. The Morgan fingerprint density at radius 2 is 2.12 bits per heavy atom. The number of nitrogens with one attached hydrogen (secondary N) is 1. The molecule has 9 nitrogen and oxygen atoms in total. The molecule has 1 N–H and O–H groups in total. The standard InChI is InChI=1S/C24H28N6O3S/c1-15(2)30-22(26-27-23(30)31)29-11-19-18-5-4-16(8-20(18)33-7-6-21(19)34-29)17-9-25-28(10-17)12-24(3)13-32-14-24/h4-5,8-10,15H,6-7,11-14H2,1-3H3,(H,27,31). The summed E-state index contributed by atoms with van der Waals surface area (Å²) in [7, 11) is 0. The Kier molecular flexibility index (Phi) is 5.11. The summed E-state index contributed by atoms with van der Waals surface area (Å²) >= 11 is 1.65.